The molecule has 3 aromatic heterocycles. The van der Waals surface area contributed by atoms with Crippen LogP contribution in [0.15, 0.2) is 65.5 Å². The number of hydrogen-bond donors (Lipinski definition) is 1. The third-order valence-corrected chi connectivity index (χ3v) is 5.35. The molecule has 4 rings (SSSR count). The zero-order chi connectivity index (χ0) is 19.2. The van der Waals surface area contributed by atoms with Crippen molar-refractivity contribution in [1.82, 2.24) is 29.9 Å². The minimum absolute atomic E-state index is 0.165. The molecule has 0 fully saturated rings. The zero-order valence-electron chi connectivity index (χ0n) is 14.6. The maximum atomic E-state index is 12.2. The van der Waals surface area contributed by atoms with E-state index < -0.39 is 0 Å². The number of rotatable bonds is 7. The van der Waals surface area contributed by atoms with Gasteiger partial charge < -0.3 is 0 Å². The van der Waals surface area contributed by atoms with E-state index in [9.17, 15) is 4.79 Å². The number of carbonyl (C=O) groups is 1. The Morgan fingerprint density at radius 1 is 1.07 bits per heavy atom. The molecule has 1 N–H and O–H groups in total. The zero-order valence-corrected chi connectivity index (χ0v) is 16.2. The standard InChI is InChI=1S/C18H15N7OS2/c26-15(21-17-23-20-12-28-17)11-27-18-24-22-16(14-6-8-19-9-7-14)25(18)10-13-4-2-1-3-5-13/h1-9,12H,10-11H2,(H,21,23,26). The molecule has 4 aromatic rings. The van der Waals surface area contributed by atoms with Crippen LogP contribution in [0.2, 0.25) is 0 Å². The van der Waals surface area contributed by atoms with E-state index >= 15 is 0 Å². The van der Waals surface area contributed by atoms with Crippen molar-refractivity contribution in [1.29, 1.82) is 0 Å². The Kier molecular flexibility index (Phi) is 5.69. The average molecular weight is 410 g/mol. The van der Waals surface area contributed by atoms with Crippen molar-refractivity contribution in [2.75, 3.05) is 11.1 Å². The molecule has 0 atom stereocenters. The summed E-state index contributed by atoms with van der Waals surface area (Å²) in [5, 5.41) is 20.0. The molecule has 1 amide bonds. The first-order chi connectivity index (χ1) is 13.8. The highest BCUT2D eigenvalue weighted by molar-refractivity contribution is 7.99. The largest absolute Gasteiger partial charge is 0.300 e. The van der Waals surface area contributed by atoms with Crippen LogP contribution in [0.25, 0.3) is 11.4 Å². The van der Waals surface area contributed by atoms with Crippen LogP contribution in [0.5, 0.6) is 0 Å². The summed E-state index contributed by atoms with van der Waals surface area (Å²) in [6.45, 7) is 0.603. The molecule has 1 aromatic carbocycles. The minimum atomic E-state index is -0.165. The molecule has 8 nitrogen and oxygen atoms in total. The fraction of sp³-hybridized carbons (Fsp3) is 0.111. The van der Waals surface area contributed by atoms with Gasteiger partial charge in [-0.15, -0.1) is 20.4 Å². The molecule has 28 heavy (non-hydrogen) atoms. The van der Waals surface area contributed by atoms with Crippen molar-refractivity contribution < 1.29 is 4.79 Å². The number of amides is 1. The number of aromatic nitrogens is 6. The summed E-state index contributed by atoms with van der Waals surface area (Å²) in [5.41, 5.74) is 3.61. The van der Waals surface area contributed by atoms with Gasteiger partial charge in [0.2, 0.25) is 11.0 Å². The lowest BCUT2D eigenvalue weighted by Crippen LogP contribution is -2.14. The quantitative estimate of drug-likeness (QED) is 0.469. The number of thioether (sulfide) groups is 1. The van der Waals surface area contributed by atoms with Crippen LogP contribution in [-0.2, 0) is 11.3 Å². The van der Waals surface area contributed by atoms with Crippen molar-refractivity contribution in [3.05, 3.63) is 65.9 Å². The van der Waals surface area contributed by atoms with Crippen molar-refractivity contribution in [2.45, 2.75) is 11.7 Å². The van der Waals surface area contributed by atoms with Gasteiger partial charge in [-0.25, -0.2) is 0 Å². The summed E-state index contributed by atoms with van der Waals surface area (Å²) in [7, 11) is 0. The lowest BCUT2D eigenvalue weighted by atomic mass is 10.2. The molecule has 3 heterocycles. The SMILES string of the molecule is O=C(CSc1nnc(-c2ccncc2)n1Cc1ccccc1)Nc1nncs1. The van der Waals surface area contributed by atoms with Gasteiger partial charge in [0.25, 0.3) is 0 Å². The fourth-order valence-corrected chi connectivity index (χ4v) is 3.73. The van der Waals surface area contributed by atoms with Crippen LogP contribution in [0.1, 0.15) is 5.56 Å². The van der Waals surface area contributed by atoms with Crippen molar-refractivity contribution in [3.8, 4) is 11.4 Å². The Labute approximate surface area is 169 Å². The number of hydrogen-bond acceptors (Lipinski definition) is 8. The summed E-state index contributed by atoms with van der Waals surface area (Å²) < 4.78 is 2.01. The van der Waals surface area contributed by atoms with Gasteiger partial charge in [-0.2, -0.15) is 0 Å². The van der Waals surface area contributed by atoms with Gasteiger partial charge in [-0.3, -0.25) is 19.7 Å². The average Bonchev–Trinajstić information content (AvgIpc) is 3.38. The number of nitrogens with one attached hydrogen (secondary N) is 1. The monoisotopic (exact) mass is 409 g/mol. The topological polar surface area (TPSA) is 98.5 Å². The van der Waals surface area contributed by atoms with E-state index in [1.54, 1.807) is 17.9 Å². The van der Waals surface area contributed by atoms with Crippen LogP contribution in [0.3, 0.4) is 0 Å². The Balaban J connectivity index is 1.56. The van der Waals surface area contributed by atoms with E-state index in [1.807, 2.05) is 47.0 Å². The summed E-state index contributed by atoms with van der Waals surface area (Å²) in [6, 6.07) is 13.8. The summed E-state index contributed by atoms with van der Waals surface area (Å²) in [4.78, 5) is 16.2. The van der Waals surface area contributed by atoms with Gasteiger partial charge >= 0.3 is 0 Å². The van der Waals surface area contributed by atoms with Gasteiger partial charge in [-0.1, -0.05) is 53.4 Å². The third-order valence-electron chi connectivity index (χ3n) is 3.78. The van der Waals surface area contributed by atoms with Gasteiger partial charge in [-0.05, 0) is 17.7 Å². The van der Waals surface area contributed by atoms with E-state index in [2.05, 4.69) is 30.7 Å². The summed E-state index contributed by atoms with van der Waals surface area (Å²) in [5.74, 6) is 0.766. The second-order valence-corrected chi connectivity index (χ2v) is 7.47. The molecular weight excluding hydrogens is 394 g/mol. The lowest BCUT2D eigenvalue weighted by Gasteiger charge is -2.10. The van der Waals surface area contributed by atoms with Crippen LogP contribution in [0.4, 0.5) is 5.13 Å². The third kappa shape index (κ3) is 4.41. The van der Waals surface area contributed by atoms with E-state index in [4.69, 9.17) is 0 Å². The molecular formula is C18H15N7OS2. The smallest absolute Gasteiger partial charge is 0.236 e. The summed E-state index contributed by atoms with van der Waals surface area (Å²) in [6.07, 6.45) is 3.44. The molecule has 0 saturated carbocycles. The predicted molar refractivity (Wildman–Crippen MR) is 108 cm³/mol. The normalized spacial score (nSPS) is 10.7. The summed E-state index contributed by atoms with van der Waals surface area (Å²) >= 11 is 2.61. The molecule has 0 aliphatic rings. The maximum Gasteiger partial charge on any atom is 0.236 e. The predicted octanol–water partition coefficient (Wildman–Crippen LogP) is 2.97. The van der Waals surface area contributed by atoms with E-state index in [1.165, 1.54) is 23.1 Å². The fourth-order valence-electron chi connectivity index (χ4n) is 2.53. The Morgan fingerprint density at radius 3 is 2.64 bits per heavy atom. The van der Waals surface area contributed by atoms with Gasteiger partial charge in [0.1, 0.15) is 5.51 Å². The van der Waals surface area contributed by atoms with E-state index in [0.717, 1.165) is 17.0 Å². The second-order valence-electron chi connectivity index (χ2n) is 5.69. The Morgan fingerprint density at radius 2 is 1.89 bits per heavy atom. The molecule has 0 aliphatic carbocycles. The molecule has 0 radical (unpaired) electrons. The molecule has 0 spiro atoms. The minimum Gasteiger partial charge on any atom is -0.300 e. The first kappa shape index (κ1) is 18.3. The number of nitrogens with zero attached hydrogens (tertiary/aromatic N) is 6. The molecule has 0 unspecified atom stereocenters. The Bertz CT molecular complexity index is 1040. The number of carbonyl (C=O) groups excluding carboxylic acids is 1. The first-order valence-electron chi connectivity index (χ1n) is 8.36. The number of pyridine rings is 1. The van der Waals surface area contributed by atoms with Crippen LogP contribution < -0.4 is 5.32 Å². The van der Waals surface area contributed by atoms with Crippen molar-refractivity contribution in [3.63, 3.8) is 0 Å². The molecule has 0 saturated heterocycles. The lowest BCUT2D eigenvalue weighted by molar-refractivity contribution is -0.113. The highest BCUT2D eigenvalue weighted by atomic mass is 32.2. The molecule has 0 aliphatic heterocycles. The number of benzene rings is 1. The highest BCUT2D eigenvalue weighted by Crippen LogP contribution is 2.25. The van der Waals surface area contributed by atoms with Crippen molar-refractivity contribution in [2.24, 2.45) is 0 Å². The molecule has 0 bridgehead atoms. The molecule has 10 heteroatoms. The van der Waals surface area contributed by atoms with Crippen LogP contribution in [-0.4, -0.2) is 41.6 Å². The van der Waals surface area contributed by atoms with Gasteiger partial charge in [0.05, 0.1) is 12.3 Å². The molecule has 140 valence electrons. The van der Waals surface area contributed by atoms with Gasteiger partial charge in [0, 0.05) is 18.0 Å². The van der Waals surface area contributed by atoms with E-state index in [-0.39, 0.29) is 11.7 Å². The van der Waals surface area contributed by atoms with Gasteiger partial charge in [0.15, 0.2) is 11.0 Å². The Hall–Kier alpha value is -3.11. The first-order valence-corrected chi connectivity index (χ1v) is 10.2. The van der Waals surface area contributed by atoms with Crippen LogP contribution >= 0.6 is 23.1 Å². The number of anilines is 1. The van der Waals surface area contributed by atoms with E-state index in [0.29, 0.717) is 16.8 Å². The van der Waals surface area contributed by atoms with Crippen molar-refractivity contribution >= 4 is 34.1 Å². The second kappa shape index (κ2) is 8.72. The van der Waals surface area contributed by atoms with Crippen LogP contribution in [0, 0.1) is 0 Å². The highest BCUT2D eigenvalue weighted by Gasteiger charge is 2.16. The maximum absolute atomic E-state index is 12.2.